The molecule has 1 N–H and O–H groups in total. The van der Waals surface area contributed by atoms with Crippen LogP contribution >= 0.6 is 0 Å². The van der Waals surface area contributed by atoms with E-state index in [1.807, 2.05) is 44.3 Å². The number of fused-ring (bicyclic) bond motifs is 1. The molecule has 9 rings (SSSR count). The quantitative estimate of drug-likeness (QED) is 0.139. The van der Waals surface area contributed by atoms with Gasteiger partial charge in [-0.3, -0.25) is 9.55 Å². The zero-order valence-corrected chi connectivity index (χ0v) is 41.6. The Morgan fingerprint density at radius 3 is 1.82 bits per heavy atom. The summed E-state index contributed by atoms with van der Waals surface area (Å²) < 4.78 is 11.4. The molecule has 0 amide bonds. The first-order chi connectivity index (χ1) is 31.5. The van der Waals surface area contributed by atoms with Crippen LogP contribution in [0, 0.1) is 6.07 Å². The number of aromatic hydroxyl groups is 1. The molecule has 0 saturated heterocycles. The number of aromatic nitrogens is 3. The molecule has 0 aliphatic rings. The van der Waals surface area contributed by atoms with Gasteiger partial charge in [0.2, 0.25) is 0 Å². The number of imidazole rings is 1. The molecule has 0 saturated carbocycles. The van der Waals surface area contributed by atoms with E-state index in [0.717, 1.165) is 83.6 Å². The van der Waals surface area contributed by atoms with Crippen molar-refractivity contribution in [3.63, 3.8) is 0 Å². The number of benzene rings is 7. The molecule has 0 radical (unpaired) electrons. The fourth-order valence-electron chi connectivity index (χ4n) is 8.74. The molecular weight excluding hydrogens is 986 g/mol. The number of nitrogens with zero attached hydrogens (tertiary/aromatic N) is 3. The average Bonchev–Trinajstić information content (AvgIpc) is 3.71. The van der Waals surface area contributed by atoms with E-state index in [4.69, 9.17) is 9.97 Å². The third-order valence-corrected chi connectivity index (χ3v) is 12.6. The summed E-state index contributed by atoms with van der Waals surface area (Å²) in [6, 6.07) is 59.1. The fraction of sp³-hybridized carbons (Fsp3) is 0.213. The maximum Gasteiger partial charge on any atom is 0.148 e. The van der Waals surface area contributed by atoms with E-state index < -0.39 is 5.89 Å². The minimum Gasteiger partial charge on any atom is -0.507 e. The molecule has 0 atom stereocenters. The first-order valence-corrected chi connectivity index (χ1v) is 22.8. The molecule has 0 bridgehead atoms. The van der Waals surface area contributed by atoms with Crippen LogP contribution in [0.4, 0.5) is 0 Å². The van der Waals surface area contributed by atoms with Crippen molar-refractivity contribution in [2.75, 3.05) is 0 Å². The van der Waals surface area contributed by atoms with Crippen molar-refractivity contribution in [1.82, 2.24) is 14.5 Å². The summed E-state index contributed by atoms with van der Waals surface area (Å²) in [7, 11) is 0. The second kappa shape index (κ2) is 18.9. The molecule has 2 aromatic heterocycles. The van der Waals surface area contributed by atoms with Gasteiger partial charge >= 0.3 is 0 Å². The van der Waals surface area contributed by atoms with E-state index in [9.17, 15) is 6.48 Å². The minimum atomic E-state index is -0.887. The second-order valence-corrected chi connectivity index (χ2v) is 19.2. The molecular formula is C61H58N3OPt-. The largest absolute Gasteiger partial charge is 0.507 e. The van der Waals surface area contributed by atoms with Crippen LogP contribution in [0.3, 0.4) is 0 Å². The second-order valence-electron chi connectivity index (χ2n) is 19.2. The predicted octanol–water partition coefficient (Wildman–Crippen LogP) is 16.6. The monoisotopic (exact) mass is 1040 g/mol. The van der Waals surface area contributed by atoms with E-state index in [1.54, 1.807) is 0 Å². The molecule has 334 valence electrons. The molecule has 0 aliphatic carbocycles. The SMILES string of the molecule is [2H]C(C)(C)c1cc(-c2ccccc2)cc(-n2c(-c3cc(C(C)C)cc(C(C)C)c3O)nc3c(-c4[c-]c(-c5cc(-c6ccc(-c7ccccc7)cc6)ccn5)cc(C(C)(C)C)c4)cccc32)c1.[Pt]. The normalized spacial score (nSPS) is 12.1. The van der Waals surface area contributed by atoms with Gasteiger partial charge in [0.25, 0.3) is 0 Å². The Balaban J connectivity index is 0.00000608. The standard InChI is InChI=1S/C61H58N3O.Pt/c1-38(2)46-29-48(42-19-14-11-15-20-42)34-52(33-46)64-57-22-16-21-53(58(57)63-60(64)55-36-47(39(3)4)35-54(40(5)6)59(55)65)49-30-50(32-51(31-49)61(7,8)9)56-37-45(27-28-62-56)44-25-23-43(24-26-44)41-17-12-10-13-18-41;/h10-29,31-40,65H,1-9H3;/q-1;/i38D;. The van der Waals surface area contributed by atoms with Gasteiger partial charge in [0.05, 0.1) is 16.6 Å². The summed E-state index contributed by atoms with van der Waals surface area (Å²) in [5.74, 6) is 0.292. The number of hydrogen-bond donors (Lipinski definition) is 1. The van der Waals surface area contributed by atoms with Crippen molar-refractivity contribution in [3.05, 3.63) is 192 Å². The van der Waals surface area contributed by atoms with Gasteiger partial charge in [0.15, 0.2) is 0 Å². The van der Waals surface area contributed by atoms with E-state index in [-0.39, 0.29) is 44.1 Å². The van der Waals surface area contributed by atoms with E-state index in [2.05, 4.69) is 193 Å². The number of phenolic OH excluding ortho intramolecular Hbond substituents is 1. The van der Waals surface area contributed by atoms with Crippen LogP contribution in [0.5, 0.6) is 5.75 Å². The van der Waals surface area contributed by atoms with Crippen LogP contribution in [0.25, 0.3) is 83.9 Å². The van der Waals surface area contributed by atoms with Gasteiger partial charge in [-0.2, -0.15) is 0 Å². The van der Waals surface area contributed by atoms with Crippen molar-refractivity contribution in [2.45, 2.75) is 85.5 Å². The van der Waals surface area contributed by atoms with Gasteiger partial charge in [0.1, 0.15) is 11.6 Å². The first kappa shape index (κ1) is 44.8. The zero-order chi connectivity index (χ0) is 46.5. The topological polar surface area (TPSA) is 50.9 Å². The van der Waals surface area contributed by atoms with Crippen molar-refractivity contribution >= 4 is 11.0 Å². The Hall–Kier alpha value is -6.35. The van der Waals surface area contributed by atoms with Crippen LogP contribution in [0.2, 0.25) is 0 Å². The van der Waals surface area contributed by atoms with Gasteiger partial charge in [-0.05, 0) is 104 Å². The number of rotatable bonds is 10. The minimum absolute atomic E-state index is 0. The maximum absolute atomic E-state index is 12.3. The Labute approximate surface area is 407 Å². The number of para-hydroxylation sites is 1. The maximum atomic E-state index is 12.3. The van der Waals surface area contributed by atoms with Crippen LogP contribution < -0.4 is 0 Å². The first-order valence-electron chi connectivity index (χ1n) is 23.3. The molecule has 7 aromatic carbocycles. The summed E-state index contributed by atoms with van der Waals surface area (Å²) in [4.78, 5) is 10.5. The summed E-state index contributed by atoms with van der Waals surface area (Å²) in [5.41, 5.74) is 17.3. The van der Waals surface area contributed by atoms with Gasteiger partial charge < -0.3 is 5.11 Å². The van der Waals surface area contributed by atoms with Crippen LogP contribution in [-0.2, 0) is 26.5 Å². The fourth-order valence-corrected chi connectivity index (χ4v) is 8.74. The Bertz CT molecular complexity index is 3210. The van der Waals surface area contributed by atoms with Gasteiger partial charge in [-0.15, -0.1) is 29.3 Å². The smallest absolute Gasteiger partial charge is 0.148 e. The molecule has 0 unspecified atom stereocenters. The molecule has 9 aromatic rings. The van der Waals surface area contributed by atoms with E-state index >= 15 is 0 Å². The molecule has 4 nitrogen and oxygen atoms in total. The summed E-state index contributed by atoms with van der Waals surface area (Å²) in [5, 5.41) is 12.3. The van der Waals surface area contributed by atoms with Crippen LogP contribution in [0.1, 0.15) is 104 Å². The number of phenols is 1. The number of hydrogen-bond acceptors (Lipinski definition) is 3. The van der Waals surface area contributed by atoms with Crippen molar-refractivity contribution in [3.8, 4) is 78.6 Å². The molecule has 0 aliphatic heterocycles. The van der Waals surface area contributed by atoms with Gasteiger partial charge in [0, 0.05) is 40.0 Å². The number of pyridine rings is 1. The molecule has 5 heteroatoms. The molecule has 0 spiro atoms. The van der Waals surface area contributed by atoms with E-state index in [1.165, 1.54) is 11.1 Å². The average molecular weight is 1050 g/mol. The Kier molecular flexibility index (Phi) is 12.8. The third kappa shape index (κ3) is 9.22. The van der Waals surface area contributed by atoms with Crippen LogP contribution in [0.15, 0.2) is 164 Å². The van der Waals surface area contributed by atoms with Gasteiger partial charge in [-0.1, -0.05) is 189 Å². The van der Waals surface area contributed by atoms with Gasteiger partial charge in [-0.25, -0.2) is 4.98 Å². The predicted molar refractivity (Wildman–Crippen MR) is 273 cm³/mol. The van der Waals surface area contributed by atoms with Crippen molar-refractivity contribution in [1.29, 1.82) is 0 Å². The summed E-state index contributed by atoms with van der Waals surface area (Å²) >= 11 is 0. The third-order valence-electron chi connectivity index (χ3n) is 12.6. The van der Waals surface area contributed by atoms with Crippen molar-refractivity contribution in [2.24, 2.45) is 0 Å². The zero-order valence-electron chi connectivity index (χ0n) is 40.3. The summed E-state index contributed by atoms with van der Waals surface area (Å²) in [6.07, 6.45) is 1.89. The van der Waals surface area contributed by atoms with Crippen molar-refractivity contribution < 1.29 is 27.5 Å². The molecule has 66 heavy (non-hydrogen) atoms. The van der Waals surface area contributed by atoms with E-state index in [0.29, 0.717) is 11.4 Å². The Morgan fingerprint density at radius 1 is 0.576 bits per heavy atom. The molecule has 0 fully saturated rings. The molecule has 2 heterocycles. The Morgan fingerprint density at radius 2 is 1.20 bits per heavy atom. The van der Waals surface area contributed by atoms with Crippen LogP contribution in [-0.4, -0.2) is 19.6 Å². The summed E-state index contributed by atoms with van der Waals surface area (Å²) in [6.45, 7) is 19.2.